The third kappa shape index (κ3) is 6.41. The van der Waals surface area contributed by atoms with Gasteiger partial charge in [-0.25, -0.2) is 0 Å². The van der Waals surface area contributed by atoms with E-state index in [0.29, 0.717) is 18.2 Å². The summed E-state index contributed by atoms with van der Waals surface area (Å²) in [5.41, 5.74) is 0. The number of carbonyl (C=O) groups is 2. The third-order valence-corrected chi connectivity index (χ3v) is 6.29. The van der Waals surface area contributed by atoms with Crippen LogP contribution in [0, 0.1) is 11.8 Å². The van der Waals surface area contributed by atoms with Crippen molar-refractivity contribution in [3.8, 4) is 0 Å². The molecule has 2 amide bonds. The number of halogens is 1. The quantitative estimate of drug-likeness (QED) is 0.782. The van der Waals surface area contributed by atoms with E-state index in [9.17, 15) is 9.59 Å². The van der Waals surface area contributed by atoms with Crippen LogP contribution in [0.4, 0.5) is 0 Å². The van der Waals surface area contributed by atoms with Gasteiger partial charge in [0, 0.05) is 38.0 Å². The van der Waals surface area contributed by atoms with Crippen LogP contribution in [0.5, 0.6) is 0 Å². The highest BCUT2D eigenvalue weighted by molar-refractivity contribution is 5.85. The molecule has 0 aromatic rings. The van der Waals surface area contributed by atoms with E-state index < -0.39 is 0 Å². The van der Waals surface area contributed by atoms with Crippen LogP contribution in [0.25, 0.3) is 0 Å². The minimum Gasteiger partial charge on any atom is -0.353 e. The lowest BCUT2D eigenvalue weighted by atomic mass is 9.84. The first-order chi connectivity index (χ1) is 12.2. The average Bonchev–Trinajstić information content (AvgIpc) is 2.92. The van der Waals surface area contributed by atoms with Crippen LogP contribution < -0.4 is 10.6 Å². The van der Waals surface area contributed by atoms with Crippen molar-refractivity contribution in [2.75, 3.05) is 26.2 Å². The van der Waals surface area contributed by atoms with Crippen LogP contribution in [0.15, 0.2) is 0 Å². The number of hydrogen-bond donors (Lipinski definition) is 2. The summed E-state index contributed by atoms with van der Waals surface area (Å²) in [6.07, 6.45) is 11.9. The summed E-state index contributed by atoms with van der Waals surface area (Å²) in [5, 5.41) is 6.60. The summed E-state index contributed by atoms with van der Waals surface area (Å²) in [4.78, 5) is 27.0. The van der Waals surface area contributed by atoms with Crippen molar-refractivity contribution in [1.29, 1.82) is 0 Å². The summed E-state index contributed by atoms with van der Waals surface area (Å²) < 4.78 is 0. The monoisotopic (exact) mass is 385 g/mol. The minimum atomic E-state index is 0. The van der Waals surface area contributed by atoms with E-state index in [4.69, 9.17) is 0 Å². The van der Waals surface area contributed by atoms with Crippen LogP contribution >= 0.6 is 12.4 Å². The molecule has 0 bridgehead atoms. The Labute approximate surface area is 164 Å². The second-order valence-corrected chi connectivity index (χ2v) is 8.25. The molecule has 26 heavy (non-hydrogen) atoms. The van der Waals surface area contributed by atoms with Gasteiger partial charge in [-0.3, -0.25) is 9.59 Å². The highest BCUT2D eigenvalue weighted by Gasteiger charge is 2.30. The van der Waals surface area contributed by atoms with Crippen molar-refractivity contribution in [2.24, 2.45) is 11.8 Å². The zero-order valence-electron chi connectivity index (χ0n) is 16.0. The Kier molecular flexibility index (Phi) is 9.20. The van der Waals surface area contributed by atoms with Crippen molar-refractivity contribution in [3.63, 3.8) is 0 Å². The zero-order valence-corrected chi connectivity index (χ0v) is 16.8. The van der Waals surface area contributed by atoms with Crippen molar-refractivity contribution >= 4 is 24.2 Å². The second kappa shape index (κ2) is 11.1. The lowest BCUT2D eigenvalue weighted by Gasteiger charge is -2.32. The van der Waals surface area contributed by atoms with E-state index in [1.54, 1.807) is 0 Å². The maximum absolute atomic E-state index is 12.7. The van der Waals surface area contributed by atoms with Gasteiger partial charge in [0.15, 0.2) is 0 Å². The second-order valence-electron chi connectivity index (χ2n) is 8.25. The standard InChI is InChI=1S/C20H35N3O2.ClH/c24-19(15-16-5-2-1-3-6-16)22-18-9-7-17(8-10-18)20(25)23-13-4-11-21-12-14-23;/h16-18,21H,1-15H2,(H,22,24);1H. The first-order valence-corrected chi connectivity index (χ1v) is 10.5. The van der Waals surface area contributed by atoms with Gasteiger partial charge in [0.2, 0.25) is 11.8 Å². The summed E-state index contributed by atoms with van der Waals surface area (Å²) >= 11 is 0. The molecule has 2 N–H and O–H groups in total. The van der Waals surface area contributed by atoms with Crippen molar-refractivity contribution < 1.29 is 9.59 Å². The number of nitrogens with zero attached hydrogens (tertiary/aromatic N) is 1. The largest absolute Gasteiger partial charge is 0.353 e. The van der Waals surface area contributed by atoms with Gasteiger partial charge in [0.25, 0.3) is 0 Å². The summed E-state index contributed by atoms with van der Waals surface area (Å²) in [6, 6.07) is 0.283. The highest BCUT2D eigenvalue weighted by atomic mass is 35.5. The molecule has 3 aliphatic rings. The Hall–Kier alpha value is -0.810. The fourth-order valence-electron chi connectivity index (χ4n) is 4.75. The van der Waals surface area contributed by atoms with Crippen molar-refractivity contribution in [1.82, 2.24) is 15.5 Å². The number of hydrogen-bond acceptors (Lipinski definition) is 3. The molecule has 0 radical (unpaired) electrons. The van der Waals surface area contributed by atoms with Crippen LogP contribution in [-0.2, 0) is 9.59 Å². The molecule has 2 aliphatic carbocycles. The first-order valence-electron chi connectivity index (χ1n) is 10.5. The van der Waals surface area contributed by atoms with Crippen LogP contribution in [0.2, 0.25) is 0 Å². The molecular formula is C20H36ClN3O2. The summed E-state index contributed by atoms with van der Waals surface area (Å²) in [7, 11) is 0. The molecule has 1 heterocycles. The Morgan fingerprint density at radius 1 is 0.885 bits per heavy atom. The van der Waals surface area contributed by atoms with E-state index in [2.05, 4.69) is 10.6 Å². The molecule has 5 nitrogen and oxygen atoms in total. The number of nitrogens with one attached hydrogen (secondary N) is 2. The van der Waals surface area contributed by atoms with Gasteiger partial charge >= 0.3 is 0 Å². The zero-order chi connectivity index (χ0) is 17.5. The highest BCUT2D eigenvalue weighted by Crippen LogP contribution is 2.28. The third-order valence-electron chi connectivity index (χ3n) is 6.29. The molecule has 0 aromatic carbocycles. The van der Waals surface area contributed by atoms with E-state index in [1.165, 1.54) is 32.1 Å². The van der Waals surface area contributed by atoms with E-state index in [1.807, 2.05) is 4.90 Å². The van der Waals surface area contributed by atoms with Crippen LogP contribution in [-0.4, -0.2) is 48.9 Å². The molecule has 3 fully saturated rings. The van der Waals surface area contributed by atoms with E-state index in [-0.39, 0.29) is 30.3 Å². The fourth-order valence-corrected chi connectivity index (χ4v) is 4.75. The molecule has 1 aliphatic heterocycles. The maximum Gasteiger partial charge on any atom is 0.225 e. The van der Waals surface area contributed by atoms with Gasteiger partial charge < -0.3 is 15.5 Å². The molecule has 6 heteroatoms. The predicted octanol–water partition coefficient (Wildman–Crippen LogP) is 2.88. The van der Waals surface area contributed by atoms with Crippen LogP contribution in [0.1, 0.15) is 70.6 Å². The Morgan fingerprint density at radius 3 is 2.35 bits per heavy atom. The molecule has 0 unspecified atom stereocenters. The lowest BCUT2D eigenvalue weighted by molar-refractivity contribution is -0.136. The minimum absolute atomic E-state index is 0. The average molecular weight is 386 g/mol. The predicted molar refractivity (Wildman–Crippen MR) is 106 cm³/mol. The molecule has 3 rings (SSSR count). The van der Waals surface area contributed by atoms with Gasteiger partial charge in [-0.05, 0) is 57.4 Å². The number of rotatable bonds is 4. The fraction of sp³-hybridized carbons (Fsp3) is 0.900. The molecule has 150 valence electrons. The Balaban J connectivity index is 0.00000243. The molecule has 0 aromatic heterocycles. The van der Waals surface area contributed by atoms with Gasteiger partial charge in [0.05, 0.1) is 0 Å². The molecule has 2 saturated carbocycles. The van der Waals surface area contributed by atoms with Gasteiger partial charge in [-0.2, -0.15) is 0 Å². The van der Waals surface area contributed by atoms with Crippen molar-refractivity contribution in [3.05, 3.63) is 0 Å². The first kappa shape index (κ1) is 21.5. The number of carbonyl (C=O) groups excluding carboxylic acids is 2. The van der Waals surface area contributed by atoms with Gasteiger partial charge in [-0.15, -0.1) is 12.4 Å². The Bertz CT molecular complexity index is 438. The van der Waals surface area contributed by atoms with E-state index in [0.717, 1.165) is 58.3 Å². The smallest absolute Gasteiger partial charge is 0.225 e. The van der Waals surface area contributed by atoms with Gasteiger partial charge in [0.1, 0.15) is 0 Å². The normalized spacial score (nSPS) is 27.9. The SMILES string of the molecule is Cl.O=C(CC1CCCCC1)NC1CCC(C(=O)N2CCCNCC2)CC1. The van der Waals surface area contributed by atoms with Crippen LogP contribution in [0.3, 0.4) is 0 Å². The molecule has 0 atom stereocenters. The van der Waals surface area contributed by atoms with E-state index >= 15 is 0 Å². The Morgan fingerprint density at radius 2 is 1.62 bits per heavy atom. The summed E-state index contributed by atoms with van der Waals surface area (Å²) in [6.45, 7) is 3.67. The molecular weight excluding hydrogens is 350 g/mol. The molecule has 1 saturated heterocycles. The van der Waals surface area contributed by atoms with Crippen molar-refractivity contribution in [2.45, 2.75) is 76.7 Å². The maximum atomic E-state index is 12.7. The van der Waals surface area contributed by atoms with Gasteiger partial charge in [-0.1, -0.05) is 19.3 Å². The summed E-state index contributed by atoms with van der Waals surface area (Å²) in [5.74, 6) is 1.35. The molecule has 0 spiro atoms. The number of amides is 2. The lowest BCUT2D eigenvalue weighted by Crippen LogP contribution is -2.43. The topological polar surface area (TPSA) is 61.4 Å².